The van der Waals surface area contributed by atoms with Gasteiger partial charge in [0, 0.05) is 12.1 Å². The first-order chi connectivity index (χ1) is 11.6. The van der Waals surface area contributed by atoms with Crippen LogP contribution in [0, 0.1) is 5.82 Å². The van der Waals surface area contributed by atoms with Crippen molar-refractivity contribution in [3.63, 3.8) is 0 Å². The molecule has 2 atom stereocenters. The molecule has 2 unspecified atom stereocenters. The van der Waals surface area contributed by atoms with Crippen LogP contribution in [0.25, 0.3) is 0 Å². The molecule has 1 aromatic carbocycles. The number of halogens is 2. The number of ether oxygens (including phenoxy) is 1. The molecule has 0 spiro atoms. The molecule has 5 nitrogen and oxygen atoms in total. The van der Waals surface area contributed by atoms with E-state index in [9.17, 15) is 9.18 Å². The number of benzene rings is 1. The number of nitrogens with one attached hydrogen (secondary N) is 2. The van der Waals surface area contributed by atoms with Crippen molar-refractivity contribution < 1.29 is 18.3 Å². The van der Waals surface area contributed by atoms with Gasteiger partial charge < -0.3 is 19.8 Å². The summed E-state index contributed by atoms with van der Waals surface area (Å²) in [5.41, 5.74) is 0. The lowest BCUT2D eigenvalue weighted by molar-refractivity contribution is 0.0893. The predicted molar refractivity (Wildman–Crippen MR) is 94.6 cm³/mol. The lowest BCUT2D eigenvalue weighted by Gasteiger charge is -2.28. The van der Waals surface area contributed by atoms with Crippen molar-refractivity contribution in [1.82, 2.24) is 10.6 Å². The Bertz CT molecular complexity index is 690. The lowest BCUT2D eigenvalue weighted by atomic mass is 10.0. The summed E-state index contributed by atoms with van der Waals surface area (Å²) in [7, 11) is 0. The van der Waals surface area contributed by atoms with Crippen molar-refractivity contribution >= 4 is 18.3 Å². The van der Waals surface area contributed by atoms with Crippen molar-refractivity contribution in [1.29, 1.82) is 0 Å². The zero-order valence-electron chi connectivity index (χ0n) is 14.0. The molecule has 1 aliphatic heterocycles. The molecule has 2 aromatic rings. The van der Waals surface area contributed by atoms with E-state index in [1.807, 2.05) is 0 Å². The predicted octanol–water partition coefficient (Wildman–Crippen LogP) is 3.29. The molecule has 2 N–H and O–H groups in total. The second kappa shape index (κ2) is 8.87. The fraction of sp³-hybridized carbons (Fsp3) is 0.389. The third kappa shape index (κ3) is 5.47. The van der Waals surface area contributed by atoms with E-state index in [0.29, 0.717) is 17.6 Å². The first kappa shape index (κ1) is 19.3. The van der Waals surface area contributed by atoms with E-state index in [-0.39, 0.29) is 42.5 Å². The summed E-state index contributed by atoms with van der Waals surface area (Å²) < 4.78 is 23.9. The Labute approximate surface area is 152 Å². The first-order valence-corrected chi connectivity index (χ1v) is 8.11. The summed E-state index contributed by atoms with van der Waals surface area (Å²) in [4.78, 5) is 12.2. The lowest BCUT2D eigenvalue weighted by Crippen LogP contribution is -2.46. The molecular formula is C18H22ClFN2O3. The number of carbonyl (C=O) groups is 1. The van der Waals surface area contributed by atoms with Crippen molar-refractivity contribution in [3.8, 4) is 5.75 Å². The molecule has 1 saturated heterocycles. The smallest absolute Gasteiger partial charge is 0.287 e. The minimum Gasteiger partial charge on any atom is -0.486 e. The quantitative estimate of drug-likeness (QED) is 0.850. The van der Waals surface area contributed by atoms with Crippen LogP contribution in [0.15, 0.2) is 40.8 Å². The number of furan rings is 1. The van der Waals surface area contributed by atoms with Gasteiger partial charge in [-0.15, -0.1) is 12.4 Å². The maximum absolute atomic E-state index is 12.8. The summed E-state index contributed by atoms with van der Waals surface area (Å²) in [6, 6.07) is 9.67. The SMILES string of the molecule is CC1CC(NC(=O)c2ccc(COc3ccc(F)cc3)o2)CCN1.Cl. The summed E-state index contributed by atoms with van der Waals surface area (Å²) >= 11 is 0. The van der Waals surface area contributed by atoms with Crippen LogP contribution in [0.4, 0.5) is 4.39 Å². The molecule has 25 heavy (non-hydrogen) atoms. The number of piperidine rings is 1. The van der Waals surface area contributed by atoms with Gasteiger partial charge in [-0.05, 0) is 62.7 Å². The van der Waals surface area contributed by atoms with Crippen LogP contribution in [0.1, 0.15) is 36.1 Å². The molecule has 0 saturated carbocycles. The van der Waals surface area contributed by atoms with Gasteiger partial charge >= 0.3 is 0 Å². The summed E-state index contributed by atoms with van der Waals surface area (Å²) in [5, 5.41) is 6.35. The van der Waals surface area contributed by atoms with E-state index < -0.39 is 0 Å². The van der Waals surface area contributed by atoms with E-state index in [1.165, 1.54) is 12.1 Å². The Hall–Kier alpha value is -2.05. The Morgan fingerprint density at radius 1 is 1.32 bits per heavy atom. The molecule has 1 aliphatic rings. The van der Waals surface area contributed by atoms with Crippen molar-refractivity contribution in [2.24, 2.45) is 0 Å². The highest BCUT2D eigenvalue weighted by Crippen LogP contribution is 2.16. The topological polar surface area (TPSA) is 63.5 Å². The third-order valence-corrected chi connectivity index (χ3v) is 4.04. The highest BCUT2D eigenvalue weighted by molar-refractivity contribution is 5.91. The Balaban J connectivity index is 0.00000225. The molecular weight excluding hydrogens is 347 g/mol. The van der Waals surface area contributed by atoms with Crippen molar-refractivity contribution in [2.75, 3.05) is 6.54 Å². The van der Waals surface area contributed by atoms with Gasteiger partial charge in [0.1, 0.15) is 23.9 Å². The fourth-order valence-electron chi connectivity index (χ4n) is 2.78. The number of carbonyl (C=O) groups excluding carboxylic acids is 1. The van der Waals surface area contributed by atoms with Crippen molar-refractivity contribution in [2.45, 2.75) is 38.5 Å². The number of amides is 1. The number of hydrogen-bond acceptors (Lipinski definition) is 4. The molecule has 0 bridgehead atoms. The zero-order valence-corrected chi connectivity index (χ0v) is 14.8. The van der Waals surface area contributed by atoms with E-state index in [2.05, 4.69) is 17.6 Å². The fourth-order valence-corrected chi connectivity index (χ4v) is 2.78. The standard InChI is InChI=1S/C18H21FN2O3.ClH/c1-12-10-14(8-9-20-12)21-18(22)17-7-6-16(24-17)11-23-15-4-2-13(19)3-5-15;/h2-7,12,14,20H,8-11H2,1H3,(H,21,22);1H. The zero-order chi connectivity index (χ0) is 16.9. The van der Waals surface area contributed by atoms with Crippen LogP contribution in [-0.2, 0) is 6.61 Å². The van der Waals surface area contributed by atoms with Gasteiger partial charge in [0.25, 0.3) is 5.91 Å². The van der Waals surface area contributed by atoms with Gasteiger partial charge in [-0.25, -0.2) is 4.39 Å². The normalized spacial score (nSPS) is 19.8. The van der Waals surface area contributed by atoms with Crippen LogP contribution in [0.3, 0.4) is 0 Å². The molecule has 3 rings (SSSR count). The van der Waals surface area contributed by atoms with Gasteiger partial charge in [0.05, 0.1) is 0 Å². The molecule has 7 heteroatoms. The maximum Gasteiger partial charge on any atom is 0.287 e. The number of hydrogen-bond donors (Lipinski definition) is 2. The molecule has 0 radical (unpaired) electrons. The minimum absolute atomic E-state index is 0. The average molecular weight is 369 g/mol. The molecule has 1 fully saturated rings. The van der Waals surface area contributed by atoms with Gasteiger partial charge in [0.15, 0.2) is 5.76 Å². The summed E-state index contributed by atoms with van der Waals surface area (Å²) in [5.74, 6) is 0.846. The molecule has 136 valence electrons. The molecule has 1 amide bonds. The monoisotopic (exact) mass is 368 g/mol. The van der Waals surface area contributed by atoms with E-state index in [4.69, 9.17) is 9.15 Å². The summed E-state index contributed by atoms with van der Waals surface area (Å²) in [6.07, 6.45) is 1.82. The minimum atomic E-state index is -0.313. The Morgan fingerprint density at radius 2 is 2.08 bits per heavy atom. The van der Waals surface area contributed by atoms with Crippen LogP contribution in [0.2, 0.25) is 0 Å². The van der Waals surface area contributed by atoms with Gasteiger partial charge in [-0.1, -0.05) is 0 Å². The van der Waals surface area contributed by atoms with Crippen LogP contribution < -0.4 is 15.4 Å². The van der Waals surface area contributed by atoms with Crippen LogP contribution >= 0.6 is 12.4 Å². The van der Waals surface area contributed by atoms with Crippen LogP contribution in [-0.4, -0.2) is 24.5 Å². The van der Waals surface area contributed by atoms with E-state index in [1.54, 1.807) is 24.3 Å². The first-order valence-electron chi connectivity index (χ1n) is 8.11. The largest absolute Gasteiger partial charge is 0.486 e. The second-order valence-electron chi connectivity index (χ2n) is 6.06. The third-order valence-electron chi connectivity index (χ3n) is 4.04. The van der Waals surface area contributed by atoms with Gasteiger partial charge in [-0.2, -0.15) is 0 Å². The van der Waals surface area contributed by atoms with E-state index in [0.717, 1.165) is 19.4 Å². The van der Waals surface area contributed by atoms with E-state index >= 15 is 0 Å². The van der Waals surface area contributed by atoms with Crippen molar-refractivity contribution in [3.05, 3.63) is 53.7 Å². The molecule has 2 heterocycles. The second-order valence-corrected chi connectivity index (χ2v) is 6.06. The molecule has 1 aromatic heterocycles. The van der Waals surface area contributed by atoms with Crippen LogP contribution in [0.5, 0.6) is 5.75 Å². The number of rotatable bonds is 5. The highest BCUT2D eigenvalue weighted by atomic mass is 35.5. The summed E-state index contributed by atoms with van der Waals surface area (Å²) in [6.45, 7) is 3.19. The van der Waals surface area contributed by atoms with Gasteiger partial charge in [0.2, 0.25) is 0 Å². The Morgan fingerprint density at radius 3 is 2.80 bits per heavy atom. The van der Waals surface area contributed by atoms with Gasteiger partial charge in [-0.3, -0.25) is 4.79 Å². The highest BCUT2D eigenvalue weighted by Gasteiger charge is 2.21. The Kier molecular flexibility index (Phi) is 6.84. The molecule has 0 aliphatic carbocycles. The maximum atomic E-state index is 12.8. The average Bonchev–Trinajstić information content (AvgIpc) is 3.03.